The molecule has 5 heteroatoms. The minimum absolute atomic E-state index is 0.228. The zero-order valence-electron chi connectivity index (χ0n) is 14.0. The maximum Gasteiger partial charge on any atom is 0.224 e. The summed E-state index contributed by atoms with van der Waals surface area (Å²) in [5.74, 6) is -1.89. The van der Waals surface area contributed by atoms with Crippen LogP contribution in [0.5, 0.6) is 0 Å². The van der Waals surface area contributed by atoms with Gasteiger partial charge in [0.05, 0.1) is 12.1 Å². The maximum absolute atomic E-state index is 13.8. The highest BCUT2D eigenvalue weighted by atomic mass is 19.1. The van der Waals surface area contributed by atoms with Crippen molar-refractivity contribution in [3.63, 3.8) is 0 Å². The second-order valence-corrected chi connectivity index (χ2v) is 6.67. The summed E-state index contributed by atoms with van der Waals surface area (Å²) >= 11 is 0. The van der Waals surface area contributed by atoms with E-state index in [2.05, 4.69) is 5.32 Å². The standard InChI is InChI=1S/C20H21F2NO2/c1-12(19(24)9-13-5-3-2-4-6-13)23-20(25)17-11-15(17)16-10-14(21)7-8-18(16)22/h2-8,10,12,15,17,19,24H,9,11H2,1H3,(H,23,25). The molecule has 1 aliphatic rings. The van der Waals surface area contributed by atoms with Crippen LogP contribution >= 0.6 is 0 Å². The van der Waals surface area contributed by atoms with E-state index in [9.17, 15) is 18.7 Å². The van der Waals surface area contributed by atoms with Crippen molar-refractivity contribution in [1.82, 2.24) is 5.32 Å². The number of carbonyl (C=O) groups excluding carboxylic acids is 1. The summed E-state index contributed by atoms with van der Waals surface area (Å²) in [6.07, 6.45) is 0.220. The van der Waals surface area contributed by atoms with E-state index in [-0.39, 0.29) is 23.3 Å². The Morgan fingerprint density at radius 1 is 1.24 bits per heavy atom. The van der Waals surface area contributed by atoms with Crippen LogP contribution in [0.15, 0.2) is 48.5 Å². The Kier molecular flexibility index (Phi) is 5.13. The van der Waals surface area contributed by atoms with E-state index in [1.54, 1.807) is 6.92 Å². The van der Waals surface area contributed by atoms with Crippen LogP contribution < -0.4 is 5.32 Å². The minimum Gasteiger partial charge on any atom is -0.391 e. The van der Waals surface area contributed by atoms with Crippen LogP contribution in [0.4, 0.5) is 8.78 Å². The molecular weight excluding hydrogens is 324 g/mol. The topological polar surface area (TPSA) is 49.3 Å². The number of hydrogen-bond donors (Lipinski definition) is 2. The zero-order valence-corrected chi connectivity index (χ0v) is 14.0. The Balaban J connectivity index is 1.55. The number of amides is 1. The Morgan fingerprint density at radius 2 is 1.96 bits per heavy atom. The van der Waals surface area contributed by atoms with Gasteiger partial charge in [0.2, 0.25) is 5.91 Å². The molecule has 2 N–H and O–H groups in total. The van der Waals surface area contributed by atoms with Crippen LogP contribution in [-0.4, -0.2) is 23.2 Å². The molecule has 3 nitrogen and oxygen atoms in total. The van der Waals surface area contributed by atoms with E-state index in [1.165, 1.54) is 0 Å². The third kappa shape index (κ3) is 4.23. The highest BCUT2D eigenvalue weighted by Gasteiger charge is 2.45. The van der Waals surface area contributed by atoms with E-state index in [4.69, 9.17) is 0 Å². The molecule has 0 saturated heterocycles. The van der Waals surface area contributed by atoms with Crippen molar-refractivity contribution in [3.8, 4) is 0 Å². The summed E-state index contributed by atoms with van der Waals surface area (Å²) in [4.78, 5) is 12.3. The predicted octanol–water partition coefficient (Wildman–Crippen LogP) is 3.18. The van der Waals surface area contributed by atoms with Crippen LogP contribution in [0.2, 0.25) is 0 Å². The number of rotatable bonds is 6. The summed E-state index contributed by atoms with van der Waals surface area (Å²) in [6, 6.07) is 12.4. The molecule has 0 aromatic heterocycles. The molecule has 0 heterocycles. The molecule has 0 spiro atoms. The molecule has 0 bridgehead atoms. The fourth-order valence-corrected chi connectivity index (χ4v) is 3.09. The van der Waals surface area contributed by atoms with Gasteiger partial charge < -0.3 is 10.4 Å². The normalized spacial score (nSPS) is 21.4. The molecule has 25 heavy (non-hydrogen) atoms. The van der Waals surface area contributed by atoms with Crippen LogP contribution in [-0.2, 0) is 11.2 Å². The first kappa shape index (κ1) is 17.5. The fraction of sp³-hybridized carbons (Fsp3) is 0.350. The molecule has 1 saturated carbocycles. The lowest BCUT2D eigenvalue weighted by atomic mass is 10.0. The number of hydrogen-bond acceptors (Lipinski definition) is 2. The number of aliphatic hydroxyl groups excluding tert-OH is 1. The average molecular weight is 345 g/mol. The first-order chi connectivity index (χ1) is 12.0. The molecule has 1 fully saturated rings. The lowest BCUT2D eigenvalue weighted by Gasteiger charge is -2.20. The van der Waals surface area contributed by atoms with Crippen LogP contribution in [0, 0.1) is 17.6 Å². The molecule has 1 aliphatic carbocycles. The monoisotopic (exact) mass is 345 g/mol. The number of halogens is 2. The minimum atomic E-state index is -0.713. The van der Waals surface area contributed by atoms with Crippen LogP contribution in [0.1, 0.15) is 30.4 Å². The first-order valence-corrected chi connectivity index (χ1v) is 8.43. The molecule has 4 atom stereocenters. The average Bonchev–Trinajstić information content (AvgIpc) is 3.38. The Labute approximate surface area is 145 Å². The Morgan fingerprint density at radius 3 is 2.68 bits per heavy atom. The van der Waals surface area contributed by atoms with Crippen molar-refractivity contribution in [2.24, 2.45) is 5.92 Å². The van der Waals surface area contributed by atoms with Gasteiger partial charge >= 0.3 is 0 Å². The predicted molar refractivity (Wildman–Crippen MR) is 91.0 cm³/mol. The molecule has 1 amide bonds. The van der Waals surface area contributed by atoms with Crippen molar-refractivity contribution in [3.05, 3.63) is 71.3 Å². The highest BCUT2D eigenvalue weighted by molar-refractivity contribution is 5.83. The van der Waals surface area contributed by atoms with Gasteiger partial charge in [-0.25, -0.2) is 8.78 Å². The molecular formula is C20H21F2NO2. The van der Waals surface area contributed by atoms with E-state index in [1.807, 2.05) is 30.3 Å². The SMILES string of the molecule is CC(NC(=O)C1CC1c1cc(F)ccc1F)C(O)Cc1ccccc1. The van der Waals surface area contributed by atoms with Gasteiger partial charge in [0.15, 0.2) is 0 Å². The van der Waals surface area contributed by atoms with Crippen LogP contribution in [0.3, 0.4) is 0 Å². The van der Waals surface area contributed by atoms with Gasteiger partial charge in [-0.05, 0) is 48.6 Å². The number of aliphatic hydroxyl groups is 1. The van der Waals surface area contributed by atoms with Crippen LogP contribution in [0.25, 0.3) is 0 Å². The quantitative estimate of drug-likeness (QED) is 0.845. The number of benzene rings is 2. The molecule has 4 unspecified atom stereocenters. The molecule has 132 valence electrons. The maximum atomic E-state index is 13.8. The fourth-order valence-electron chi connectivity index (χ4n) is 3.09. The van der Waals surface area contributed by atoms with Gasteiger partial charge in [-0.15, -0.1) is 0 Å². The molecule has 0 radical (unpaired) electrons. The highest BCUT2D eigenvalue weighted by Crippen LogP contribution is 2.48. The van der Waals surface area contributed by atoms with E-state index in [0.717, 1.165) is 23.8 Å². The first-order valence-electron chi connectivity index (χ1n) is 8.43. The van der Waals surface area contributed by atoms with E-state index in [0.29, 0.717) is 12.8 Å². The Bertz CT molecular complexity index is 751. The lowest BCUT2D eigenvalue weighted by molar-refractivity contribution is -0.123. The molecule has 0 aliphatic heterocycles. The van der Waals surface area contributed by atoms with Gasteiger partial charge in [0.1, 0.15) is 11.6 Å². The van der Waals surface area contributed by atoms with Crippen molar-refractivity contribution in [2.75, 3.05) is 0 Å². The third-order valence-corrected chi connectivity index (χ3v) is 4.72. The van der Waals surface area contributed by atoms with Gasteiger partial charge in [0, 0.05) is 12.3 Å². The molecule has 2 aromatic rings. The van der Waals surface area contributed by atoms with Crippen molar-refractivity contribution in [1.29, 1.82) is 0 Å². The van der Waals surface area contributed by atoms with E-state index < -0.39 is 23.8 Å². The number of carbonyl (C=O) groups is 1. The summed E-state index contributed by atoms with van der Waals surface area (Å²) < 4.78 is 27.1. The summed E-state index contributed by atoms with van der Waals surface area (Å²) in [6.45, 7) is 1.74. The van der Waals surface area contributed by atoms with Crippen molar-refractivity contribution in [2.45, 2.75) is 37.8 Å². The van der Waals surface area contributed by atoms with Gasteiger partial charge in [-0.2, -0.15) is 0 Å². The van der Waals surface area contributed by atoms with Crippen molar-refractivity contribution < 1.29 is 18.7 Å². The smallest absolute Gasteiger partial charge is 0.224 e. The Hall–Kier alpha value is -2.27. The number of nitrogens with one attached hydrogen (secondary N) is 1. The van der Waals surface area contributed by atoms with Gasteiger partial charge in [-0.1, -0.05) is 30.3 Å². The third-order valence-electron chi connectivity index (χ3n) is 4.72. The molecule has 3 rings (SSSR count). The summed E-state index contributed by atoms with van der Waals surface area (Å²) in [7, 11) is 0. The van der Waals surface area contributed by atoms with Crippen molar-refractivity contribution >= 4 is 5.91 Å². The van der Waals surface area contributed by atoms with E-state index >= 15 is 0 Å². The summed E-state index contributed by atoms with van der Waals surface area (Å²) in [5.41, 5.74) is 1.24. The van der Waals surface area contributed by atoms with Gasteiger partial charge in [-0.3, -0.25) is 4.79 Å². The lowest BCUT2D eigenvalue weighted by Crippen LogP contribution is -2.43. The zero-order chi connectivity index (χ0) is 18.0. The largest absolute Gasteiger partial charge is 0.391 e. The molecule has 2 aromatic carbocycles. The van der Waals surface area contributed by atoms with Gasteiger partial charge in [0.25, 0.3) is 0 Å². The second kappa shape index (κ2) is 7.31. The summed E-state index contributed by atoms with van der Waals surface area (Å²) in [5, 5.41) is 13.1. The second-order valence-electron chi connectivity index (χ2n) is 6.67.